The molecular formula is C36H59ClN6. The molecule has 1 aliphatic rings. The fraction of sp³-hybridized carbons (Fsp3) is 0.611. The highest BCUT2D eigenvalue weighted by Gasteiger charge is 2.18. The second kappa shape index (κ2) is 21.9. The molecule has 7 heteroatoms. The third-order valence-corrected chi connectivity index (χ3v) is 8.42. The summed E-state index contributed by atoms with van der Waals surface area (Å²) in [7, 11) is 0. The number of hydrogen-bond donors (Lipinski definition) is 2. The number of unbranched alkanes of at least 4 members (excludes halogenated alkanes) is 12. The first-order chi connectivity index (χ1) is 20.6. The summed E-state index contributed by atoms with van der Waals surface area (Å²) in [5, 5.41) is 0. The molecule has 6 nitrogen and oxygen atoms in total. The van der Waals surface area contributed by atoms with Crippen molar-refractivity contribution in [3.63, 3.8) is 0 Å². The van der Waals surface area contributed by atoms with Crippen LogP contribution in [-0.2, 0) is 0 Å². The molecule has 1 heterocycles. The fourth-order valence-corrected chi connectivity index (χ4v) is 5.63. The first kappa shape index (κ1) is 36.5. The van der Waals surface area contributed by atoms with Crippen LogP contribution >= 0.6 is 12.4 Å². The molecule has 4 N–H and O–H groups in total. The van der Waals surface area contributed by atoms with Gasteiger partial charge in [-0.15, -0.1) is 12.4 Å². The van der Waals surface area contributed by atoms with Crippen LogP contribution < -0.4 is 21.3 Å². The Labute approximate surface area is 268 Å². The second-order valence-corrected chi connectivity index (χ2v) is 11.8. The molecule has 43 heavy (non-hydrogen) atoms. The summed E-state index contributed by atoms with van der Waals surface area (Å²) in [6, 6.07) is 17.2. The van der Waals surface area contributed by atoms with E-state index in [1.54, 1.807) is 0 Å². The Balaban J connectivity index is 0.00000645. The predicted molar refractivity (Wildman–Crippen MR) is 192 cm³/mol. The van der Waals surface area contributed by atoms with E-state index < -0.39 is 0 Å². The highest BCUT2D eigenvalue weighted by Crippen LogP contribution is 2.22. The predicted octanol–water partition coefficient (Wildman–Crippen LogP) is 8.35. The van der Waals surface area contributed by atoms with Gasteiger partial charge in [-0.05, 0) is 61.4 Å². The topological polar surface area (TPSA) is 83.2 Å². The number of nitrogens with zero attached hydrogens (tertiary/aromatic N) is 4. The number of halogens is 1. The minimum Gasteiger partial charge on any atom is -0.384 e. The lowest BCUT2D eigenvalue weighted by atomic mass is 10.1. The maximum atomic E-state index is 6.28. The van der Waals surface area contributed by atoms with Gasteiger partial charge < -0.3 is 21.3 Å². The van der Waals surface area contributed by atoms with E-state index in [0.717, 1.165) is 63.2 Å². The average molecular weight is 611 g/mol. The summed E-state index contributed by atoms with van der Waals surface area (Å²) in [4.78, 5) is 14.2. The monoisotopic (exact) mass is 610 g/mol. The Morgan fingerprint density at radius 3 is 1.14 bits per heavy atom. The van der Waals surface area contributed by atoms with Gasteiger partial charge in [0.1, 0.15) is 11.7 Å². The van der Waals surface area contributed by atoms with E-state index in [1.807, 2.05) is 0 Å². The Hall–Kier alpha value is -2.73. The van der Waals surface area contributed by atoms with E-state index in [0.29, 0.717) is 11.7 Å². The molecule has 0 unspecified atom stereocenters. The van der Waals surface area contributed by atoms with E-state index in [2.05, 4.69) is 82.2 Å². The Morgan fingerprint density at radius 1 is 0.512 bits per heavy atom. The molecule has 2 aromatic carbocycles. The highest BCUT2D eigenvalue weighted by atomic mass is 35.5. The van der Waals surface area contributed by atoms with Gasteiger partial charge in [0.2, 0.25) is 0 Å². The molecular weight excluding hydrogens is 552 g/mol. The molecule has 0 aliphatic carbocycles. The van der Waals surface area contributed by atoms with Crippen LogP contribution in [0.15, 0.2) is 58.5 Å². The largest absolute Gasteiger partial charge is 0.384 e. The summed E-state index contributed by atoms with van der Waals surface area (Å²) in [6.07, 6.45) is 18.1. The van der Waals surface area contributed by atoms with Gasteiger partial charge in [0.05, 0.1) is 0 Å². The van der Waals surface area contributed by atoms with Gasteiger partial charge in [-0.3, -0.25) is 9.98 Å². The lowest BCUT2D eigenvalue weighted by Crippen LogP contribution is -2.46. The van der Waals surface area contributed by atoms with Crippen molar-refractivity contribution in [3.05, 3.63) is 59.7 Å². The molecule has 0 saturated carbocycles. The van der Waals surface area contributed by atoms with Crippen LogP contribution in [0.2, 0.25) is 0 Å². The van der Waals surface area contributed by atoms with E-state index >= 15 is 0 Å². The van der Waals surface area contributed by atoms with Crippen molar-refractivity contribution in [2.75, 3.05) is 49.1 Å². The van der Waals surface area contributed by atoms with Gasteiger partial charge in [0, 0.05) is 61.8 Å². The SMILES string of the molecule is CCCCCCCCCN=C(N)c1ccc(N2CCN(c3ccc(C(N)=NCCCCCCCCC)cc3)CC2)cc1.Cl. The lowest BCUT2D eigenvalue weighted by molar-refractivity contribution is 0.593. The number of piperazine rings is 1. The minimum absolute atomic E-state index is 0. The zero-order valence-corrected chi connectivity index (χ0v) is 27.9. The normalized spacial score (nSPS) is 14.2. The number of nitrogens with two attached hydrogens (primary N) is 2. The zero-order valence-electron chi connectivity index (χ0n) is 27.1. The van der Waals surface area contributed by atoms with Crippen molar-refractivity contribution >= 4 is 35.5 Å². The molecule has 240 valence electrons. The molecule has 0 atom stereocenters. The molecule has 0 spiro atoms. The summed E-state index contributed by atoms with van der Waals surface area (Å²) < 4.78 is 0. The first-order valence-electron chi connectivity index (χ1n) is 16.9. The van der Waals surface area contributed by atoms with Crippen LogP contribution in [-0.4, -0.2) is 50.9 Å². The van der Waals surface area contributed by atoms with Gasteiger partial charge in [0.25, 0.3) is 0 Å². The number of aliphatic imine (C=N–C) groups is 2. The van der Waals surface area contributed by atoms with Crippen molar-refractivity contribution in [3.8, 4) is 0 Å². The smallest absolute Gasteiger partial charge is 0.125 e. The second-order valence-electron chi connectivity index (χ2n) is 11.8. The molecule has 3 rings (SSSR count). The van der Waals surface area contributed by atoms with Crippen LogP contribution in [0.25, 0.3) is 0 Å². The van der Waals surface area contributed by atoms with Crippen molar-refractivity contribution in [2.24, 2.45) is 21.5 Å². The number of rotatable bonds is 20. The lowest BCUT2D eigenvalue weighted by Gasteiger charge is -2.37. The summed E-state index contributed by atoms with van der Waals surface area (Å²) >= 11 is 0. The van der Waals surface area contributed by atoms with Crippen LogP contribution in [0.5, 0.6) is 0 Å². The molecule has 0 bridgehead atoms. The van der Waals surface area contributed by atoms with E-state index in [4.69, 9.17) is 11.5 Å². The number of anilines is 2. The number of amidine groups is 2. The molecule has 1 fully saturated rings. The molecule has 0 aromatic heterocycles. The summed E-state index contributed by atoms with van der Waals surface area (Å²) in [5.41, 5.74) is 17.1. The van der Waals surface area contributed by atoms with Crippen molar-refractivity contribution < 1.29 is 0 Å². The van der Waals surface area contributed by atoms with Crippen molar-refractivity contribution in [1.29, 1.82) is 0 Å². The average Bonchev–Trinajstić information content (AvgIpc) is 3.03. The molecule has 0 radical (unpaired) electrons. The van der Waals surface area contributed by atoms with Crippen LogP contribution in [0.1, 0.15) is 115 Å². The maximum Gasteiger partial charge on any atom is 0.125 e. The van der Waals surface area contributed by atoms with Crippen LogP contribution in [0, 0.1) is 0 Å². The number of hydrogen-bond acceptors (Lipinski definition) is 4. The van der Waals surface area contributed by atoms with E-state index in [1.165, 1.54) is 88.4 Å². The Morgan fingerprint density at radius 2 is 0.814 bits per heavy atom. The van der Waals surface area contributed by atoms with E-state index in [9.17, 15) is 0 Å². The van der Waals surface area contributed by atoms with Gasteiger partial charge in [-0.1, -0.05) is 90.9 Å². The highest BCUT2D eigenvalue weighted by molar-refractivity contribution is 5.98. The standard InChI is InChI=1S/C36H58N6.ClH/c1-3-5-7-9-11-13-15-25-39-35(37)31-17-21-33(22-18-31)41-27-29-42(30-28-41)34-23-19-32(20-24-34)36(38)40-26-16-14-12-10-8-6-4-2;/h17-24H,3-16,25-30H2,1-2H3,(H2,37,39)(H2,38,40);1H. The zero-order chi connectivity index (χ0) is 29.8. The van der Waals surface area contributed by atoms with Crippen molar-refractivity contribution in [1.82, 2.24) is 0 Å². The molecule has 1 aliphatic heterocycles. The Kier molecular flexibility index (Phi) is 18.6. The van der Waals surface area contributed by atoms with Gasteiger partial charge in [0.15, 0.2) is 0 Å². The van der Waals surface area contributed by atoms with Gasteiger partial charge in [-0.25, -0.2) is 0 Å². The molecule has 1 saturated heterocycles. The van der Waals surface area contributed by atoms with Crippen molar-refractivity contribution in [2.45, 2.75) is 104 Å². The first-order valence-corrected chi connectivity index (χ1v) is 16.9. The summed E-state index contributed by atoms with van der Waals surface area (Å²) in [6.45, 7) is 10.1. The van der Waals surface area contributed by atoms with Crippen LogP contribution in [0.3, 0.4) is 0 Å². The summed E-state index contributed by atoms with van der Waals surface area (Å²) in [5.74, 6) is 1.31. The third kappa shape index (κ3) is 13.6. The van der Waals surface area contributed by atoms with Gasteiger partial charge in [-0.2, -0.15) is 0 Å². The Bertz CT molecular complexity index is 957. The minimum atomic E-state index is 0. The fourth-order valence-electron chi connectivity index (χ4n) is 5.63. The molecule has 2 aromatic rings. The van der Waals surface area contributed by atoms with Gasteiger partial charge >= 0.3 is 0 Å². The van der Waals surface area contributed by atoms with E-state index in [-0.39, 0.29) is 12.4 Å². The van der Waals surface area contributed by atoms with Crippen LogP contribution in [0.4, 0.5) is 11.4 Å². The molecule has 0 amide bonds. The third-order valence-electron chi connectivity index (χ3n) is 8.42. The maximum absolute atomic E-state index is 6.28. The quantitative estimate of drug-likeness (QED) is 0.0896. The number of benzene rings is 2.